The predicted octanol–water partition coefficient (Wildman–Crippen LogP) is 3.10. The Bertz CT molecular complexity index is 1090. The maximum Gasteiger partial charge on any atom is 0.338 e. The number of hydrogen-bond acceptors (Lipinski definition) is 5. The molecule has 0 atom stereocenters. The lowest BCUT2D eigenvalue weighted by Gasteiger charge is -2.10. The summed E-state index contributed by atoms with van der Waals surface area (Å²) >= 11 is 0. The molecular weight excluding hydrogens is 338 g/mol. The number of aromatic carboxylic acids is 2. The van der Waals surface area contributed by atoms with Gasteiger partial charge in [0.25, 0.3) is 0 Å². The van der Waals surface area contributed by atoms with Gasteiger partial charge in [-0.2, -0.15) is 0 Å². The van der Waals surface area contributed by atoms with Crippen molar-refractivity contribution in [1.29, 1.82) is 0 Å². The van der Waals surface area contributed by atoms with E-state index in [2.05, 4.69) is 11.6 Å². The second kappa shape index (κ2) is 6.21. The molecule has 0 aliphatic rings. The molecule has 7 heteroatoms. The second-order valence-corrected chi connectivity index (χ2v) is 5.55. The first-order valence-electron chi connectivity index (χ1n) is 7.41. The quantitative estimate of drug-likeness (QED) is 0.532. The number of carboxylic acid groups (broad SMARTS) is 2. The van der Waals surface area contributed by atoms with Gasteiger partial charge in [0.05, 0.1) is 16.8 Å². The highest BCUT2D eigenvalue weighted by molar-refractivity contribution is 6.10. The molecule has 0 bridgehead atoms. The number of aromatic nitrogens is 1. The molecule has 0 amide bonds. The standard InChI is InChI=1S/C19H13NO6/c1-9(11-4-7-14(21)15(22)8-11)13-6-3-10-2-5-12(18(23)24)16(19(25)26)17(10)20-13/h2-8,21-22H,1H2,(H,23,24)(H,25,26). The number of nitrogens with zero attached hydrogens (tertiary/aromatic N) is 1. The lowest BCUT2D eigenvalue weighted by atomic mass is 9.99. The Morgan fingerprint density at radius 1 is 0.885 bits per heavy atom. The van der Waals surface area contributed by atoms with Crippen molar-refractivity contribution in [2.24, 2.45) is 0 Å². The van der Waals surface area contributed by atoms with Crippen LogP contribution in [0.25, 0.3) is 16.5 Å². The summed E-state index contributed by atoms with van der Waals surface area (Å²) in [5.41, 5.74) is 0.421. The van der Waals surface area contributed by atoms with E-state index in [0.29, 0.717) is 22.2 Å². The van der Waals surface area contributed by atoms with Crippen LogP contribution in [0.5, 0.6) is 11.5 Å². The van der Waals surface area contributed by atoms with Gasteiger partial charge in [-0.05, 0) is 29.8 Å². The number of rotatable bonds is 4. The van der Waals surface area contributed by atoms with E-state index in [9.17, 15) is 30.0 Å². The van der Waals surface area contributed by atoms with Crippen LogP contribution in [0.2, 0.25) is 0 Å². The summed E-state index contributed by atoms with van der Waals surface area (Å²) in [6.07, 6.45) is 0. The highest BCUT2D eigenvalue weighted by atomic mass is 16.4. The molecule has 0 saturated heterocycles. The summed E-state index contributed by atoms with van der Waals surface area (Å²) in [6.45, 7) is 3.89. The zero-order valence-electron chi connectivity index (χ0n) is 13.3. The number of phenolic OH excluding ortho intramolecular Hbond substituents is 2. The highest BCUT2D eigenvalue weighted by Crippen LogP contribution is 2.31. The fourth-order valence-electron chi connectivity index (χ4n) is 2.61. The molecule has 3 rings (SSSR count). The van der Waals surface area contributed by atoms with Crippen molar-refractivity contribution in [2.45, 2.75) is 0 Å². The van der Waals surface area contributed by atoms with E-state index < -0.39 is 17.5 Å². The van der Waals surface area contributed by atoms with Crippen LogP contribution in [0.3, 0.4) is 0 Å². The van der Waals surface area contributed by atoms with E-state index >= 15 is 0 Å². The highest BCUT2D eigenvalue weighted by Gasteiger charge is 2.21. The molecule has 0 radical (unpaired) electrons. The van der Waals surface area contributed by atoms with Gasteiger partial charge in [0, 0.05) is 11.0 Å². The molecule has 0 aliphatic heterocycles. The normalized spacial score (nSPS) is 10.6. The molecule has 0 saturated carbocycles. The van der Waals surface area contributed by atoms with Crippen molar-refractivity contribution >= 4 is 28.4 Å². The Kier molecular flexibility index (Phi) is 4.05. The van der Waals surface area contributed by atoms with Crippen molar-refractivity contribution in [3.05, 3.63) is 71.4 Å². The van der Waals surface area contributed by atoms with Crippen molar-refractivity contribution in [1.82, 2.24) is 4.98 Å². The van der Waals surface area contributed by atoms with E-state index in [1.54, 1.807) is 12.1 Å². The van der Waals surface area contributed by atoms with Crippen LogP contribution in [0.4, 0.5) is 0 Å². The van der Waals surface area contributed by atoms with E-state index in [0.717, 1.165) is 0 Å². The summed E-state index contributed by atoms with van der Waals surface area (Å²) in [6, 6.07) is 10.0. The minimum absolute atomic E-state index is 0.0269. The third-order valence-electron chi connectivity index (χ3n) is 3.94. The van der Waals surface area contributed by atoms with Gasteiger partial charge in [-0.25, -0.2) is 14.6 Å². The summed E-state index contributed by atoms with van der Waals surface area (Å²) in [7, 11) is 0. The second-order valence-electron chi connectivity index (χ2n) is 5.55. The predicted molar refractivity (Wildman–Crippen MR) is 93.6 cm³/mol. The van der Waals surface area contributed by atoms with Crippen molar-refractivity contribution in [2.75, 3.05) is 0 Å². The number of hydrogen-bond donors (Lipinski definition) is 4. The van der Waals surface area contributed by atoms with Gasteiger partial charge in [0.2, 0.25) is 0 Å². The zero-order chi connectivity index (χ0) is 19.0. The lowest BCUT2D eigenvalue weighted by molar-refractivity contribution is 0.0653. The Balaban J connectivity index is 2.20. The molecule has 130 valence electrons. The van der Waals surface area contributed by atoms with E-state index in [1.807, 2.05) is 0 Å². The van der Waals surface area contributed by atoms with Crippen LogP contribution < -0.4 is 0 Å². The van der Waals surface area contributed by atoms with Gasteiger partial charge in [0.1, 0.15) is 5.56 Å². The number of carbonyl (C=O) groups is 2. The van der Waals surface area contributed by atoms with Gasteiger partial charge < -0.3 is 20.4 Å². The number of pyridine rings is 1. The summed E-state index contributed by atoms with van der Waals surface area (Å²) < 4.78 is 0. The minimum atomic E-state index is -1.40. The van der Waals surface area contributed by atoms with Crippen LogP contribution in [-0.4, -0.2) is 37.3 Å². The van der Waals surface area contributed by atoms with Gasteiger partial charge in [-0.15, -0.1) is 0 Å². The number of benzene rings is 2. The van der Waals surface area contributed by atoms with Gasteiger partial charge in [0.15, 0.2) is 11.5 Å². The number of aromatic hydroxyl groups is 2. The van der Waals surface area contributed by atoms with Crippen LogP contribution in [-0.2, 0) is 0 Å². The van der Waals surface area contributed by atoms with Crippen molar-refractivity contribution in [3.63, 3.8) is 0 Å². The Labute approximate surface area is 147 Å². The molecule has 26 heavy (non-hydrogen) atoms. The van der Waals surface area contributed by atoms with Crippen LogP contribution in [0, 0.1) is 0 Å². The Morgan fingerprint density at radius 2 is 1.58 bits per heavy atom. The molecule has 1 aromatic heterocycles. The minimum Gasteiger partial charge on any atom is -0.504 e. The van der Waals surface area contributed by atoms with Crippen molar-refractivity contribution in [3.8, 4) is 11.5 Å². The summed E-state index contributed by atoms with van der Waals surface area (Å²) in [4.78, 5) is 27.2. The van der Waals surface area contributed by atoms with Crippen LogP contribution in [0.1, 0.15) is 32.0 Å². The lowest BCUT2D eigenvalue weighted by Crippen LogP contribution is -2.10. The first kappa shape index (κ1) is 17.0. The number of phenols is 2. The maximum absolute atomic E-state index is 11.6. The maximum atomic E-state index is 11.6. The Morgan fingerprint density at radius 3 is 2.19 bits per heavy atom. The Hall–Kier alpha value is -3.87. The first-order chi connectivity index (χ1) is 12.3. The van der Waals surface area contributed by atoms with E-state index in [-0.39, 0.29) is 22.6 Å². The van der Waals surface area contributed by atoms with Gasteiger partial charge in [-0.3, -0.25) is 0 Å². The third kappa shape index (κ3) is 2.82. The average Bonchev–Trinajstić information content (AvgIpc) is 2.61. The molecule has 7 nitrogen and oxygen atoms in total. The monoisotopic (exact) mass is 351 g/mol. The van der Waals surface area contributed by atoms with Crippen LogP contribution in [0.15, 0.2) is 49.0 Å². The largest absolute Gasteiger partial charge is 0.504 e. The summed E-state index contributed by atoms with van der Waals surface area (Å²) in [5.74, 6) is -3.37. The molecule has 4 N–H and O–H groups in total. The number of fused-ring (bicyclic) bond motifs is 1. The van der Waals surface area contributed by atoms with Crippen molar-refractivity contribution < 1.29 is 30.0 Å². The molecule has 0 aliphatic carbocycles. The van der Waals surface area contributed by atoms with Gasteiger partial charge in [-0.1, -0.05) is 24.8 Å². The smallest absolute Gasteiger partial charge is 0.338 e. The molecule has 0 fully saturated rings. The molecule has 3 aromatic rings. The zero-order valence-corrected chi connectivity index (χ0v) is 13.3. The fraction of sp³-hybridized carbons (Fsp3) is 0. The SMILES string of the molecule is C=C(c1ccc(O)c(O)c1)c1ccc2ccc(C(=O)O)c(C(=O)O)c2n1. The molecule has 2 aromatic carbocycles. The van der Waals surface area contributed by atoms with E-state index in [1.165, 1.54) is 30.3 Å². The third-order valence-corrected chi connectivity index (χ3v) is 3.94. The summed E-state index contributed by atoms with van der Waals surface area (Å²) in [5, 5.41) is 38.2. The van der Waals surface area contributed by atoms with E-state index in [4.69, 9.17) is 0 Å². The number of carboxylic acids is 2. The topological polar surface area (TPSA) is 128 Å². The molecule has 0 spiro atoms. The van der Waals surface area contributed by atoms with Gasteiger partial charge >= 0.3 is 11.9 Å². The molecule has 0 unspecified atom stereocenters. The average molecular weight is 351 g/mol. The first-order valence-corrected chi connectivity index (χ1v) is 7.41. The molecule has 1 heterocycles. The van der Waals surface area contributed by atoms with Crippen LogP contribution >= 0.6 is 0 Å². The molecular formula is C19H13NO6. The fourth-order valence-corrected chi connectivity index (χ4v) is 2.61.